The van der Waals surface area contributed by atoms with E-state index in [9.17, 15) is 4.79 Å². The molecule has 0 atom stereocenters. The lowest BCUT2D eigenvalue weighted by atomic mass is 9.89. The van der Waals surface area contributed by atoms with Crippen molar-refractivity contribution in [2.75, 3.05) is 32.9 Å². The van der Waals surface area contributed by atoms with E-state index in [1.165, 1.54) is 19.3 Å². The maximum Gasteiger partial charge on any atom is 0.223 e. The van der Waals surface area contributed by atoms with Gasteiger partial charge in [0.15, 0.2) is 5.96 Å². The summed E-state index contributed by atoms with van der Waals surface area (Å²) in [7, 11) is 1.77. The van der Waals surface area contributed by atoms with Crippen molar-refractivity contribution in [2.24, 2.45) is 10.9 Å². The molecule has 0 bridgehead atoms. The Hall–Kier alpha value is -0.910. The Balaban J connectivity index is 2.17. The van der Waals surface area contributed by atoms with Crippen LogP contribution in [0.1, 0.15) is 46.0 Å². The molecule has 0 heterocycles. The zero-order valence-electron chi connectivity index (χ0n) is 14.5. The SMILES string of the molecule is CN=C(NCCNC(=O)C1CCCCC1)NCC(C)(C)SC. The van der Waals surface area contributed by atoms with E-state index in [0.29, 0.717) is 13.1 Å². The van der Waals surface area contributed by atoms with Crippen LogP contribution >= 0.6 is 11.8 Å². The number of carbonyl (C=O) groups excluding carboxylic acids is 1. The van der Waals surface area contributed by atoms with Crippen LogP contribution in [0.25, 0.3) is 0 Å². The number of amides is 1. The van der Waals surface area contributed by atoms with Gasteiger partial charge in [0.2, 0.25) is 5.91 Å². The molecule has 1 rings (SSSR count). The van der Waals surface area contributed by atoms with Gasteiger partial charge in [-0.05, 0) is 32.9 Å². The Kier molecular flexibility index (Phi) is 8.68. The Morgan fingerprint density at radius 1 is 1.14 bits per heavy atom. The predicted molar refractivity (Wildman–Crippen MR) is 96.5 cm³/mol. The topological polar surface area (TPSA) is 65.5 Å². The largest absolute Gasteiger partial charge is 0.355 e. The number of aliphatic imine (C=N–C) groups is 1. The molecule has 0 aromatic heterocycles. The molecular formula is C16H32N4OS. The molecule has 0 aromatic carbocycles. The fraction of sp³-hybridized carbons (Fsp3) is 0.875. The molecule has 0 spiro atoms. The Bertz CT molecular complexity index is 365. The molecule has 1 saturated carbocycles. The maximum atomic E-state index is 12.0. The number of rotatable bonds is 7. The Labute approximate surface area is 139 Å². The first-order valence-corrected chi connectivity index (χ1v) is 9.48. The van der Waals surface area contributed by atoms with Gasteiger partial charge in [0.1, 0.15) is 0 Å². The van der Waals surface area contributed by atoms with Gasteiger partial charge in [0.25, 0.3) is 0 Å². The van der Waals surface area contributed by atoms with Gasteiger partial charge in [0.05, 0.1) is 0 Å². The highest BCUT2D eigenvalue weighted by Gasteiger charge is 2.20. The van der Waals surface area contributed by atoms with Crippen molar-refractivity contribution in [1.29, 1.82) is 0 Å². The first-order valence-electron chi connectivity index (χ1n) is 8.26. The summed E-state index contributed by atoms with van der Waals surface area (Å²) in [5.41, 5.74) is 0. The van der Waals surface area contributed by atoms with E-state index >= 15 is 0 Å². The van der Waals surface area contributed by atoms with E-state index in [0.717, 1.165) is 25.3 Å². The van der Waals surface area contributed by atoms with E-state index in [1.807, 2.05) is 11.8 Å². The van der Waals surface area contributed by atoms with Crippen LogP contribution in [0.3, 0.4) is 0 Å². The van der Waals surface area contributed by atoms with Gasteiger partial charge in [0, 0.05) is 37.3 Å². The minimum Gasteiger partial charge on any atom is -0.355 e. The van der Waals surface area contributed by atoms with Crippen LogP contribution in [0, 0.1) is 5.92 Å². The van der Waals surface area contributed by atoms with Crippen molar-refractivity contribution in [3.05, 3.63) is 0 Å². The highest BCUT2D eigenvalue weighted by Crippen LogP contribution is 2.23. The summed E-state index contributed by atoms with van der Waals surface area (Å²) < 4.78 is 0.173. The summed E-state index contributed by atoms with van der Waals surface area (Å²) in [4.78, 5) is 16.2. The summed E-state index contributed by atoms with van der Waals surface area (Å²) in [5.74, 6) is 1.23. The van der Waals surface area contributed by atoms with Crippen molar-refractivity contribution < 1.29 is 4.79 Å². The normalized spacial score (nSPS) is 17.2. The van der Waals surface area contributed by atoms with E-state index in [-0.39, 0.29) is 16.6 Å². The highest BCUT2D eigenvalue weighted by atomic mass is 32.2. The predicted octanol–water partition coefficient (Wildman–Crippen LogP) is 1.99. The summed E-state index contributed by atoms with van der Waals surface area (Å²) in [6, 6.07) is 0. The minimum absolute atomic E-state index is 0.173. The van der Waals surface area contributed by atoms with Crippen LogP contribution in [-0.2, 0) is 4.79 Å². The van der Waals surface area contributed by atoms with Crippen LogP contribution in [0.15, 0.2) is 4.99 Å². The molecule has 1 fully saturated rings. The third-order valence-corrected chi connectivity index (χ3v) is 5.40. The monoisotopic (exact) mass is 328 g/mol. The molecule has 0 aliphatic heterocycles. The quantitative estimate of drug-likeness (QED) is 0.380. The molecular weight excluding hydrogens is 296 g/mol. The summed E-state index contributed by atoms with van der Waals surface area (Å²) in [6.45, 7) is 6.58. The van der Waals surface area contributed by atoms with Crippen LogP contribution in [-0.4, -0.2) is 49.6 Å². The number of hydrogen-bond donors (Lipinski definition) is 3. The van der Waals surface area contributed by atoms with E-state index in [1.54, 1.807) is 7.05 Å². The number of carbonyl (C=O) groups is 1. The molecule has 0 saturated heterocycles. The second-order valence-corrected chi connectivity index (χ2v) is 7.96. The molecule has 0 radical (unpaired) electrons. The maximum absolute atomic E-state index is 12.0. The number of hydrogen-bond acceptors (Lipinski definition) is 3. The second kappa shape index (κ2) is 9.98. The van der Waals surface area contributed by atoms with Gasteiger partial charge >= 0.3 is 0 Å². The molecule has 1 amide bonds. The lowest BCUT2D eigenvalue weighted by Crippen LogP contribution is -2.45. The fourth-order valence-electron chi connectivity index (χ4n) is 2.47. The Morgan fingerprint density at radius 2 is 1.77 bits per heavy atom. The highest BCUT2D eigenvalue weighted by molar-refractivity contribution is 7.99. The van der Waals surface area contributed by atoms with E-state index in [4.69, 9.17) is 0 Å². The zero-order chi connectivity index (χ0) is 16.4. The zero-order valence-corrected chi connectivity index (χ0v) is 15.3. The minimum atomic E-state index is 0.173. The van der Waals surface area contributed by atoms with Crippen LogP contribution in [0.5, 0.6) is 0 Å². The van der Waals surface area contributed by atoms with Gasteiger partial charge in [-0.3, -0.25) is 9.79 Å². The molecule has 0 aromatic rings. The van der Waals surface area contributed by atoms with Crippen molar-refractivity contribution in [1.82, 2.24) is 16.0 Å². The van der Waals surface area contributed by atoms with E-state index < -0.39 is 0 Å². The van der Waals surface area contributed by atoms with Gasteiger partial charge in [-0.2, -0.15) is 11.8 Å². The number of nitrogens with zero attached hydrogens (tertiary/aromatic N) is 1. The average molecular weight is 329 g/mol. The second-order valence-electron chi connectivity index (χ2n) is 6.44. The molecule has 128 valence electrons. The van der Waals surface area contributed by atoms with Gasteiger partial charge in [-0.15, -0.1) is 0 Å². The van der Waals surface area contributed by atoms with Crippen molar-refractivity contribution >= 4 is 23.6 Å². The first kappa shape index (κ1) is 19.1. The van der Waals surface area contributed by atoms with Gasteiger partial charge in [-0.25, -0.2) is 0 Å². The third-order valence-electron chi connectivity index (χ3n) is 4.15. The van der Waals surface area contributed by atoms with Crippen LogP contribution in [0.2, 0.25) is 0 Å². The summed E-state index contributed by atoms with van der Waals surface area (Å²) in [6.07, 6.45) is 7.87. The fourth-order valence-corrected chi connectivity index (χ4v) is 2.68. The average Bonchev–Trinajstić information content (AvgIpc) is 2.54. The molecule has 5 nitrogen and oxygen atoms in total. The molecule has 1 aliphatic carbocycles. The lowest BCUT2D eigenvalue weighted by Gasteiger charge is -2.24. The summed E-state index contributed by atoms with van der Waals surface area (Å²) in [5, 5.41) is 9.58. The van der Waals surface area contributed by atoms with Gasteiger partial charge < -0.3 is 16.0 Å². The summed E-state index contributed by atoms with van der Waals surface area (Å²) >= 11 is 1.83. The molecule has 1 aliphatic rings. The lowest BCUT2D eigenvalue weighted by molar-refractivity contribution is -0.125. The van der Waals surface area contributed by atoms with Crippen molar-refractivity contribution in [2.45, 2.75) is 50.7 Å². The number of thioether (sulfide) groups is 1. The van der Waals surface area contributed by atoms with Crippen LogP contribution < -0.4 is 16.0 Å². The molecule has 0 unspecified atom stereocenters. The number of guanidine groups is 1. The molecule has 6 heteroatoms. The van der Waals surface area contributed by atoms with E-state index in [2.05, 4.69) is 41.0 Å². The van der Waals surface area contributed by atoms with Crippen molar-refractivity contribution in [3.63, 3.8) is 0 Å². The molecule has 22 heavy (non-hydrogen) atoms. The molecule has 3 N–H and O–H groups in total. The first-order chi connectivity index (χ1) is 10.5. The van der Waals surface area contributed by atoms with Crippen molar-refractivity contribution in [3.8, 4) is 0 Å². The van der Waals surface area contributed by atoms with Gasteiger partial charge in [-0.1, -0.05) is 19.3 Å². The van der Waals surface area contributed by atoms with Crippen LogP contribution in [0.4, 0.5) is 0 Å². The third kappa shape index (κ3) is 7.38. The Morgan fingerprint density at radius 3 is 2.36 bits per heavy atom. The number of nitrogens with one attached hydrogen (secondary N) is 3. The smallest absolute Gasteiger partial charge is 0.223 e. The standard InChI is InChI=1S/C16H32N4OS/c1-16(2,22-4)12-20-15(17-3)19-11-10-18-14(21)13-8-6-5-7-9-13/h13H,5-12H2,1-4H3,(H,18,21)(H2,17,19,20).